The second-order valence-electron chi connectivity index (χ2n) is 5.99. The Morgan fingerprint density at radius 3 is 2.80 bits per heavy atom. The monoisotopic (exact) mass is 276 g/mol. The van der Waals surface area contributed by atoms with Crippen molar-refractivity contribution in [2.24, 2.45) is 5.41 Å². The summed E-state index contributed by atoms with van der Waals surface area (Å²) in [5.74, 6) is 0.0399. The van der Waals surface area contributed by atoms with Crippen LogP contribution in [0.4, 0.5) is 4.39 Å². The predicted molar refractivity (Wildman–Crippen MR) is 75.6 cm³/mol. The van der Waals surface area contributed by atoms with Gasteiger partial charge in [0.25, 0.3) is 0 Å². The van der Waals surface area contributed by atoms with E-state index in [-0.39, 0.29) is 17.1 Å². The highest BCUT2D eigenvalue weighted by Gasteiger charge is 2.44. The van der Waals surface area contributed by atoms with E-state index in [1.807, 2.05) is 11.0 Å². The summed E-state index contributed by atoms with van der Waals surface area (Å²) in [6.07, 6.45) is 3.94. The maximum atomic E-state index is 13.3. The minimum absolute atomic E-state index is 0.156. The van der Waals surface area contributed by atoms with E-state index >= 15 is 0 Å². The fourth-order valence-electron chi connectivity index (χ4n) is 3.53. The van der Waals surface area contributed by atoms with Gasteiger partial charge in [0.1, 0.15) is 5.82 Å². The van der Waals surface area contributed by atoms with E-state index in [9.17, 15) is 9.18 Å². The van der Waals surface area contributed by atoms with Crippen molar-refractivity contribution < 1.29 is 9.18 Å². The minimum atomic E-state index is -0.233. The van der Waals surface area contributed by atoms with Gasteiger partial charge < -0.3 is 10.2 Å². The molecular weight excluding hydrogens is 255 g/mol. The molecule has 0 radical (unpaired) electrons. The molecule has 1 spiro atoms. The molecule has 3 nitrogen and oxygen atoms in total. The van der Waals surface area contributed by atoms with E-state index in [0.29, 0.717) is 6.54 Å². The number of nitrogens with one attached hydrogen (secondary N) is 1. The van der Waals surface area contributed by atoms with Gasteiger partial charge in [-0.3, -0.25) is 4.79 Å². The summed E-state index contributed by atoms with van der Waals surface area (Å²) in [4.78, 5) is 14.7. The third-order valence-corrected chi connectivity index (χ3v) is 4.65. The fraction of sp³-hybridized carbons (Fsp3) is 0.562. The molecule has 2 aliphatic rings. The highest BCUT2D eigenvalue weighted by molar-refractivity contribution is 5.83. The second kappa shape index (κ2) is 5.52. The van der Waals surface area contributed by atoms with Gasteiger partial charge in [0.15, 0.2) is 0 Å². The fourth-order valence-corrected chi connectivity index (χ4v) is 3.53. The molecule has 3 rings (SSSR count). The Kier molecular flexibility index (Phi) is 3.74. The maximum absolute atomic E-state index is 13.3. The van der Waals surface area contributed by atoms with Gasteiger partial charge in [-0.1, -0.05) is 12.1 Å². The second-order valence-corrected chi connectivity index (χ2v) is 5.99. The Hall–Kier alpha value is -1.42. The van der Waals surface area contributed by atoms with Crippen molar-refractivity contribution in [3.05, 3.63) is 35.6 Å². The number of hydrogen-bond donors (Lipinski definition) is 1. The topological polar surface area (TPSA) is 32.3 Å². The van der Waals surface area contributed by atoms with Crippen LogP contribution in [0.5, 0.6) is 0 Å². The number of amides is 1. The molecule has 1 aromatic rings. The van der Waals surface area contributed by atoms with Crippen LogP contribution in [0.3, 0.4) is 0 Å². The van der Waals surface area contributed by atoms with Crippen molar-refractivity contribution in [3.63, 3.8) is 0 Å². The summed E-state index contributed by atoms with van der Waals surface area (Å²) in [6, 6.07) is 6.56. The summed E-state index contributed by atoms with van der Waals surface area (Å²) in [5, 5.41) is 3.33. The molecule has 20 heavy (non-hydrogen) atoms. The largest absolute Gasteiger partial charge is 0.338 e. The van der Waals surface area contributed by atoms with E-state index < -0.39 is 0 Å². The Labute approximate surface area is 119 Å². The zero-order valence-electron chi connectivity index (χ0n) is 11.7. The number of benzene rings is 1. The van der Waals surface area contributed by atoms with Gasteiger partial charge in [-0.25, -0.2) is 4.39 Å². The number of piperidine rings is 2. The molecule has 2 fully saturated rings. The van der Waals surface area contributed by atoms with Crippen molar-refractivity contribution in [1.82, 2.24) is 10.2 Å². The first kappa shape index (κ1) is 13.6. The molecule has 0 atom stereocenters. The first-order valence-electron chi connectivity index (χ1n) is 7.44. The number of nitrogens with zero attached hydrogens (tertiary/aromatic N) is 1. The van der Waals surface area contributed by atoms with Crippen molar-refractivity contribution in [2.75, 3.05) is 19.6 Å². The average Bonchev–Trinajstić information content (AvgIpc) is 2.45. The summed E-state index contributed by atoms with van der Waals surface area (Å²) in [6.45, 7) is 3.19. The van der Waals surface area contributed by atoms with Gasteiger partial charge in [-0.05, 0) is 56.5 Å². The lowest BCUT2D eigenvalue weighted by atomic mass is 9.72. The van der Waals surface area contributed by atoms with Crippen LogP contribution < -0.4 is 5.32 Å². The molecule has 2 heterocycles. The van der Waals surface area contributed by atoms with E-state index in [2.05, 4.69) is 5.32 Å². The van der Waals surface area contributed by atoms with Gasteiger partial charge in [-0.15, -0.1) is 0 Å². The average molecular weight is 276 g/mol. The molecule has 0 saturated carbocycles. The summed E-state index contributed by atoms with van der Waals surface area (Å²) in [5.41, 5.74) is 0.723. The Morgan fingerprint density at radius 2 is 2.05 bits per heavy atom. The predicted octanol–water partition coefficient (Wildman–Crippen LogP) is 2.32. The van der Waals surface area contributed by atoms with Gasteiger partial charge >= 0.3 is 0 Å². The van der Waals surface area contributed by atoms with Crippen LogP contribution in [0.1, 0.15) is 31.2 Å². The smallest absolute Gasteiger partial charge is 0.229 e. The van der Waals surface area contributed by atoms with Crippen molar-refractivity contribution in [3.8, 4) is 0 Å². The normalized spacial score (nSPS) is 22.2. The third kappa shape index (κ3) is 2.57. The van der Waals surface area contributed by atoms with E-state index in [0.717, 1.165) is 50.9 Å². The molecule has 1 aromatic carbocycles. The van der Waals surface area contributed by atoms with Crippen LogP contribution in [0, 0.1) is 11.2 Å². The minimum Gasteiger partial charge on any atom is -0.338 e. The van der Waals surface area contributed by atoms with Gasteiger partial charge in [-0.2, -0.15) is 0 Å². The van der Waals surface area contributed by atoms with Gasteiger partial charge in [0.2, 0.25) is 5.91 Å². The molecule has 0 unspecified atom stereocenters. The molecule has 2 aliphatic heterocycles. The molecule has 4 heteroatoms. The highest BCUT2D eigenvalue weighted by atomic mass is 19.1. The molecule has 1 N–H and O–H groups in total. The lowest BCUT2D eigenvalue weighted by Gasteiger charge is -2.44. The quantitative estimate of drug-likeness (QED) is 0.899. The van der Waals surface area contributed by atoms with Crippen LogP contribution in [0.25, 0.3) is 0 Å². The van der Waals surface area contributed by atoms with Crippen LogP contribution >= 0.6 is 0 Å². The number of rotatable bonds is 2. The van der Waals surface area contributed by atoms with Crippen molar-refractivity contribution >= 4 is 5.91 Å². The first-order valence-corrected chi connectivity index (χ1v) is 7.44. The molecule has 1 amide bonds. The molecule has 108 valence electrons. The SMILES string of the molecule is O=C1N(Cc2cccc(F)c2)CCCC12CCNCC2. The first-order chi connectivity index (χ1) is 9.70. The number of carbonyl (C=O) groups excluding carboxylic acids is 1. The van der Waals surface area contributed by atoms with Crippen LogP contribution in [-0.4, -0.2) is 30.4 Å². The lowest BCUT2D eigenvalue weighted by molar-refractivity contribution is -0.149. The number of likely N-dealkylation sites (tertiary alicyclic amines) is 1. The van der Waals surface area contributed by atoms with Crippen LogP contribution in [0.2, 0.25) is 0 Å². The third-order valence-electron chi connectivity index (χ3n) is 4.65. The lowest BCUT2D eigenvalue weighted by Crippen LogP contribution is -2.52. The Balaban J connectivity index is 1.75. The van der Waals surface area contributed by atoms with Gasteiger partial charge in [0.05, 0.1) is 5.41 Å². The van der Waals surface area contributed by atoms with E-state index in [1.54, 1.807) is 6.07 Å². The zero-order valence-corrected chi connectivity index (χ0v) is 11.7. The Bertz CT molecular complexity index is 491. The van der Waals surface area contributed by atoms with Gasteiger partial charge in [0, 0.05) is 13.1 Å². The van der Waals surface area contributed by atoms with Crippen molar-refractivity contribution in [1.29, 1.82) is 0 Å². The summed E-state index contributed by atoms with van der Waals surface area (Å²) in [7, 11) is 0. The molecule has 0 aromatic heterocycles. The molecule has 0 bridgehead atoms. The van der Waals surface area contributed by atoms with E-state index in [4.69, 9.17) is 0 Å². The Morgan fingerprint density at radius 1 is 1.25 bits per heavy atom. The summed E-state index contributed by atoms with van der Waals surface area (Å²) < 4.78 is 13.3. The number of carbonyl (C=O) groups is 1. The summed E-state index contributed by atoms with van der Waals surface area (Å²) >= 11 is 0. The van der Waals surface area contributed by atoms with Crippen LogP contribution in [-0.2, 0) is 11.3 Å². The number of hydrogen-bond acceptors (Lipinski definition) is 2. The molecular formula is C16H21FN2O. The molecule has 2 saturated heterocycles. The van der Waals surface area contributed by atoms with Crippen LogP contribution in [0.15, 0.2) is 24.3 Å². The zero-order chi connectivity index (χ0) is 14.0. The maximum Gasteiger partial charge on any atom is 0.229 e. The number of halogens is 1. The highest BCUT2D eigenvalue weighted by Crippen LogP contribution is 2.39. The van der Waals surface area contributed by atoms with Crippen molar-refractivity contribution in [2.45, 2.75) is 32.2 Å². The van der Waals surface area contributed by atoms with E-state index in [1.165, 1.54) is 12.1 Å². The standard InChI is InChI=1S/C16H21FN2O/c17-14-4-1-3-13(11-14)12-19-10-2-5-16(15(19)20)6-8-18-9-7-16/h1,3-4,11,18H,2,5-10,12H2. The molecule has 0 aliphatic carbocycles.